The first kappa shape index (κ1) is 12.2. The van der Waals surface area contributed by atoms with Crippen molar-refractivity contribution in [2.24, 2.45) is 0 Å². The predicted molar refractivity (Wildman–Crippen MR) is 74.9 cm³/mol. The third kappa shape index (κ3) is 3.10. The summed E-state index contributed by atoms with van der Waals surface area (Å²) in [5.41, 5.74) is 1.50. The number of hydrogen-bond acceptors (Lipinski definition) is 3. The summed E-state index contributed by atoms with van der Waals surface area (Å²) in [4.78, 5) is 2.55. The number of piperazine rings is 1. The van der Waals surface area contributed by atoms with Gasteiger partial charge in [0, 0.05) is 51.2 Å². The van der Waals surface area contributed by atoms with Gasteiger partial charge in [0.15, 0.2) is 0 Å². The molecule has 3 nitrogen and oxygen atoms in total. The van der Waals surface area contributed by atoms with Crippen LogP contribution in [0.3, 0.4) is 0 Å². The van der Waals surface area contributed by atoms with Crippen molar-refractivity contribution < 1.29 is 0 Å². The van der Waals surface area contributed by atoms with Crippen LogP contribution in [0.2, 0.25) is 0 Å². The van der Waals surface area contributed by atoms with Crippen molar-refractivity contribution in [2.75, 3.05) is 39.3 Å². The van der Waals surface area contributed by atoms with Crippen LogP contribution >= 0.6 is 0 Å². The lowest BCUT2D eigenvalue weighted by Gasteiger charge is -2.27. The van der Waals surface area contributed by atoms with Gasteiger partial charge in [0.2, 0.25) is 0 Å². The van der Waals surface area contributed by atoms with Crippen LogP contribution in [-0.2, 0) is 0 Å². The molecule has 1 saturated carbocycles. The van der Waals surface area contributed by atoms with E-state index in [1.165, 1.54) is 31.6 Å². The molecule has 1 heterocycles. The second-order valence-electron chi connectivity index (χ2n) is 5.41. The van der Waals surface area contributed by atoms with Gasteiger partial charge >= 0.3 is 0 Å². The molecule has 3 heteroatoms. The first-order valence-electron chi connectivity index (χ1n) is 7.15. The molecular formula is C15H23N3. The molecule has 1 aliphatic carbocycles. The van der Waals surface area contributed by atoms with E-state index in [2.05, 4.69) is 45.9 Å². The van der Waals surface area contributed by atoms with E-state index in [1.807, 2.05) is 0 Å². The summed E-state index contributed by atoms with van der Waals surface area (Å²) < 4.78 is 0. The zero-order chi connectivity index (χ0) is 12.2. The van der Waals surface area contributed by atoms with E-state index >= 15 is 0 Å². The van der Waals surface area contributed by atoms with Crippen LogP contribution in [0.5, 0.6) is 0 Å². The molecule has 0 amide bonds. The molecule has 0 aromatic heterocycles. The minimum absolute atomic E-state index is 0.718. The molecule has 0 unspecified atom stereocenters. The molecule has 2 aliphatic rings. The number of benzene rings is 1. The van der Waals surface area contributed by atoms with Gasteiger partial charge in [0.25, 0.3) is 0 Å². The summed E-state index contributed by atoms with van der Waals surface area (Å²) >= 11 is 0. The number of nitrogens with zero attached hydrogens (tertiary/aromatic N) is 1. The molecule has 3 rings (SSSR count). The van der Waals surface area contributed by atoms with Crippen LogP contribution in [0, 0.1) is 0 Å². The third-order valence-corrected chi connectivity index (χ3v) is 4.06. The molecule has 2 N–H and O–H groups in total. The predicted octanol–water partition coefficient (Wildman–Crippen LogP) is 1.04. The fraction of sp³-hybridized carbons (Fsp3) is 0.600. The van der Waals surface area contributed by atoms with Crippen molar-refractivity contribution in [2.45, 2.75) is 18.4 Å². The zero-order valence-electron chi connectivity index (χ0n) is 10.9. The minimum atomic E-state index is 0.718. The first-order valence-corrected chi connectivity index (χ1v) is 7.15. The van der Waals surface area contributed by atoms with Crippen LogP contribution in [0.1, 0.15) is 17.9 Å². The SMILES string of the molecule is c1ccc([C@@H]2C[C@H]2NCCN2CCNCC2)cc1. The number of hydrogen-bond donors (Lipinski definition) is 2. The molecule has 2 atom stereocenters. The van der Waals surface area contributed by atoms with Gasteiger partial charge in [-0.3, -0.25) is 4.90 Å². The summed E-state index contributed by atoms with van der Waals surface area (Å²) in [7, 11) is 0. The van der Waals surface area contributed by atoms with Crippen molar-refractivity contribution in [3.8, 4) is 0 Å². The zero-order valence-corrected chi connectivity index (χ0v) is 10.9. The Balaban J connectivity index is 1.36. The maximum atomic E-state index is 3.69. The standard InChI is InChI=1S/C15H23N3/c1-2-4-13(5-3-1)14-12-15(14)17-8-11-18-9-6-16-7-10-18/h1-5,14-17H,6-12H2/t14-,15+/m0/s1. The van der Waals surface area contributed by atoms with E-state index in [0.29, 0.717) is 0 Å². The lowest BCUT2D eigenvalue weighted by atomic mass is 10.1. The van der Waals surface area contributed by atoms with E-state index in [9.17, 15) is 0 Å². The Kier molecular flexibility index (Phi) is 3.93. The minimum Gasteiger partial charge on any atom is -0.314 e. The van der Waals surface area contributed by atoms with Gasteiger partial charge in [-0.25, -0.2) is 0 Å². The van der Waals surface area contributed by atoms with Gasteiger partial charge in [0.1, 0.15) is 0 Å². The highest BCUT2D eigenvalue weighted by atomic mass is 15.2. The summed E-state index contributed by atoms with van der Waals surface area (Å²) in [6.07, 6.45) is 1.31. The van der Waals surface area contributed by atoms with E-state index in [1.54, 1.807) is 0 Å². The highest BCUT2D eigenvalue weighted by Gasteiger charge is 2.37. The van der Waals surface area contributed by atoms with E-state index in [0.717, 1.165) is 31.6 Å². The molecule has 1 aromatic rings. The molecule has 18 heavy (non-hydrogen) atoms. The second-order valence-corrected chi connectivity index (χ2v) is 5.41. The van der Waals surface area contributed by atoms with Gasteiger partial charge in [-0.2, -0.15) is 0 Å². The average molecular weight is 245 g/mol. The van der Waals surface area contributed by atoms with Crippen LogP contribution in [0.4, 0.5) is 0 Å². The Morgan fingerprint density at radius 1 is 1.17 bits per heavy atom. The molecule has 0 bridgehead atoms. The Hall–Kier alpha value is -0.900. The van der Waals surface area contributed by atoms with Crippen LogP contribution in [0.15, 0.2) is 30.3 Å². The van der Waals surface area contributed by atoms with Crippen molar-refractivity contribution in [1.82, 2.24) is 15.5 Å². The lowest BCUT2D eigenvalue weighted by molar-refractivity contribution is 0.241. The Bertz CT molecular complexity index is 359. The van der Waals surface area contributed by atoms with Crippen molar-refractivity contribution in [3.63, 3.8) is 0 Å². The number of rotatable bonds is 5. The van der Waals surface area contributed by atoms with Crippen LogP contribution in [-0.4, -0.2) is 50.2 Å². The average Bonchev–Trinajstić information content (AvgIpc) is 3.21. The molecule has 0 spiro atoms. The topological polar surface area (TPSA) is 27.3 Å². The largest absolute Gasteiger partial charge is 0.314 e. The molecule has 98 valence electrons. The van der Waals surface area contributed by atoms with Gasteiger partial charge in [0.05, 0.1) is 0 Å². The summed E-state index contributed by atoms with van der Waals surface area (Å²) in [6.45, 7) is 7.03. The quantitative estimate of drug-likeness (QED) is 0.811. The maximum Gasteiger partial charge on any atom is 0.0143 e. The summed E-state index contributed by atoms with van der Waals surface area (Å²) in [5.74, 6) is 0.759. The fourth-order valence-electron chi connectivity index (χ4n) is 2.83. The van der Waals surface area contributed by atoms with Gasteiger partial charge in [-0.15, -0.1) is 0 Å². The molecule has 1 aliphatic heterocycles. The summed E-state index contributed by atoms with van der Waals surface area (Å²) in [6, 6.07) is 11.6. The fourth-order valence-corrected chi connectivity index (χ4v) is 2.83. The van der Waals surface area contributed by atoms with Crippen LogP contribution in [0.25, 0.3) is 0 Å². The molecule has 1 aromatic carbocycles. The van der Waals surface area contributed by atoms with Crippen molar-refractivity contribution in [1.29, 1.82) is 0 Å². The van der Waals surface area contributed by atoms with E-state index < -0.39 is 0 Å². The van der Waals surface area contributed by atoms with Crippen molar-refractivity contribution in [3.05, 3.63) is 35.9 Å². The highest BCUT2D eigenvalue weighted by Crippen LogP contribution is 2.40. The smallest absolute Gasteiger partial charge is 0.0143 e. The van der Waals surface area contributed by atoms with E-state index in [-0.39, 0.29) is 0 Å². The Morgan fingerprint density at radius 3 is 2.72 bits per heavy atom. The van der Waals surface area contributed by atoms with Gasteiger partial charge in [-0.1, -0.05) is 30.3 Å². The van der Waals surface area contributed by atoms with E-state index in [4.69, 9.17) is 0 Å². The monoisotopic (exact) mass is 245 g/mol. The molecular weight excluding hydrogens is 222 g/mol. The normalized spacial score (nSPS) is 28.2. The number of nitrogens with one attached hydrogen (secondary N) is 2. The Morgan fingerprint density at radius 2 is 1.94 bits per heavy atom. The molecule has 1 saturated heterocycles. The van der Waals surface area contributed by atoms with Crippen molar-refractivity contribution >= 4 is 0 Å². The maximum absolute atomic E-state index is 3.69. The van der Waals surface area contributed by atoms with Gasteiger partial charge in [-0.05, 0) is 12.0 Å². The Labute approximate surface area is 110 Å². The lowest BCUT2D eigenvalue weighted by Crippen LogP contribution is -2.46. The van der Waals surface area contributed by atoms with Crippen LogP contribution < -0.4 is 10.6 Å². The second kappa shape index (κ2) is 5.83. The summed E-state index contributed by atoms with van der Waals surface area (Å²) in [5, 5.41) is 7.08. The first-order chi connectivity index (χ1) is 8.93. The highest BCUT2D eigenvalue weighted by molar-refractivity contribution is 5.27. The third-order valence-electron chi connectivity index (χ3n) is 4.06. The molecule has 2 fully saturated rings. The van der Waals surface area contributed by atoms with Gasteiger partial charge < -0.3 is 10.6 Å². The molecule has 0 radical (unpaired) electrons.